The van der Waals surface area contributed by atoms with Crippen molar-refractivity contribution in [1.29, 1.82) is 0 Å². The summed E-state index contributed by atoms with van der Waals surface area (Å²) in [6.07, 6.45) is 0. The standard InChI is InChI=1S/C31H31N/c1-20-11-15-29(22(3)17-20)32(30-16-12-21(2)18-23(30)4)24-13-14-26-25-9-7-8-10-27(25)31(5,6)28(26)19-24/h7-19H,1-6H3. The predicted octanol–water partition coefficient (Wildman–Crippen LogP) is 8.70. The lowest BCUT2D eigenvalue weighted by Gasteiger charge is -2.30. The van der Waals surface area contributed by atoms with Crippen LogP contribution in [0.3, 0.4) is 0 Å². The highest BCUT2D eigenvalue weighted by Gasteiger charge is 2.35. The summed E-state index contributed by atoms with van der Waals surface area (Å²) in [7, 11) is 0. The van der Waals surface area contributed by atoms with Crippen molar-refractivity contribution in [2.75, 3.05) is 4.90 Å². The van der Waals surface area contributed by atoms with Gasteiger partial charge in [-0.25, -0.2) is 0 Å². The van der Waals surface area contributed by atoms with E-state index in [1.807, 2.05) is 0 Å². The lowest BCUT2D eigenvalue weighted by atomic mass is 9.82. The second-order valence-electron chi connectivity index (χ2n) is 9.82. The van der Waals surface area contributed by atoms with Crippen molar-refractivity contribution in [2.45, 2.75) is 47.0 Å². The maximum atomic E-state index is 2.43. The van der Waals surface area contributed by atoms with Crippen molar-refractivity contribution in [2.24, 2.45) is 0 Å². The van der Waals surface area contributed by atoms with Crippen molar-refractivity contribution in [3.63, 3.8) is 0 Å². The third kappa shape index (κ3) is 3.15. The van der Waals surface area contributed by atoms with E-state index in [0.29, 0.717) is 0 Å². The van der Waals surface area contributed by atoms with E-state index in [1.165, 1.54) is 61.6 Å². The zero-order valence-corrected chi connectivity index (χ0v) is 20.0. The second kappa shape index (κ2) is 7.38. The number of aryl methyl sites for hydroxylation is 4. The summed E-state index contributed by atoms with van der Waals surface area (Å²) in [5, 5.41) is 0. The molecule has 4 aromatic carbocycles. The SMILES string of the molecule is Cc1ccc(N(c2ccc3c(c2)C(C)(C)c2ccccc2-3)c2ccc(C)cc2C)c(C)c1. The first-order chi connectivity index (χ1) is 15.3. The summed E-state index contributed by atoms with van der Waals surface area (Å²) in [5.41, 5.74) is 14.3. The van der Waals surface area contributed by atoms with Gasteiger partial charge in [0.2, 0.25) is 0 Å². The largest absolute Gasteiger partial charge is 0.310 e. The summed E-state index contributed by atoms with van der Waals surface area (Å²) in [6, 6.07) is 29.4. The van der Waals surface area contributed by atoms with Crippen LogP contribution in [0, 0.1) is 27.7 Å². The maximum Gasteiger partial charge on any atom is 0.0491 e. The minimum Gasteiger partial charge on any atom is -0.310 e. The molecule has 0 spiro atoms. The number of anilines is 3. The van der Waals surface area contributed by atoms with E-state index in [0.717, 1.165) is 0 Å². The summed E-state index contributed by atoms with van der Waals surface area (Å²) < 4.78 is 0. The molecular weight excluding hydrogens is 386 g/mol. The molecule has 1 aliphatic rings. The zero-order chi connectivity index (χ0) is 22.6. The molecule has 0 bridgehead atoms. The Morgan fingerprint density at radius 2 is 1.12 bits per heavy atom. The molecule has 1 nitrogen and oxygen atoms in total. The first kappa shape index (κ1) is 20.6. The molecule has 0 aromatic heterocycles. The average molecular weight is 418 g/mol. The van der Waals surface area contributed by atoms with Gasteiger partial charge in [0.05, 0.1) is 0 Å². The molecule has 160 valence electrons. The first-order valence-corrected chi connectivity index (χ1v) is 11.5. The normalized spacial score (nSPS) is 13.6. The van der Waals surface area contributed by atoms with E-state index in [-0.39, 0.29) is 5.41 Å². The lowest BCUT2D eigenvalue weighted by Crippen LogP contribution is -2.17. The van der Waals surface area contributed by atoms with Crippen LogP contribution >= 0.6 is 0 Å². The summed E-state index contributed by atoms with van der Waals surface area (Å²) in [5.74, 6) is 0. The van der Waals surface area contributed by atoms with Gasteiger partial charge in [0.1, 0.15) is 0 Å². The molecule has 0 atom stereocenters. The molecule has 0 N–H and O–H groups in total. The van der Waals surface area contributed by atoms with Gasteiger partial charge in [-0.1, -0.05) is 79.6 Å². The Hall–Kier alpha value is -3.32. The number of hydrogen-bond donors (Lipinski definition) is 0. The van der Waals surface area contributed by atoms with Crippen molar-refractivity contribution in [3.8, 4) is 11.1 Å². The highest BCUT2D eigenvalue weighted by atomic mass is 15.1. The Labute approximate surface area is 192 Å². The van der Waals surface area contributed by atoms with Crippen LogP contribution < -0.4 is 4.90 Å². The van der Waals surface area contributed by atoms with E-state index in [9.17, 15) is 0 Å². The third-order valence-electron chi connectivity index (χ3n) is 7.01. The van der Waals surface area contributed by atoms with Crippen LogP contribution in [0.1, 0.15) is 47.2 Å². The molecule has 0 heterocycles. The molecule has 5 rings (SSSR count). The van der Waals surface area contributed by atoms with Gasteiger partial charge in [0.15, 0.2) is 0 Å². The lowest BCUT2D eigenvalue weighted by molar-refractivity contribution is 0.660. The molecule has 0 radical (unpaired) electrons. The van der Waals surface area contributed by atoms with Crippen LogP contribution in [0.15, 0.2) is 78.9 Å². The highest BCUT2D eigenvalue weighted by Crippen LogP contribution is 2.50. The Balaban J connectivity index is 1.74. The molecule has 4 aromatic rings. The van der Waals surface area contributed by atoms with Crippen LogP contribution in [0.5, 0.6) is 0 Å². The van der Waals surface area contributed by atoms with Crippen LogP contribution in [0.4, 0.5) is 17.1 Å². The summed E-state index contributed by atoms with van der Waals surface area (Å²) >= 11 is 0. The topological polar surface area (TPSA) is 3.24 Å². The van der Waals surface area contributed by atoms with Gasteiger partial charge in [-0.05, 0) is 85.3 Å². The number of benzene rings is 4. The van der Waals surface area contributed by atoms with Crippen molar-refractivity contribution in [1.82, 2.24) is 0 Å². The molecule has 32 heavy (non-hydrogen) atoms. The smallest absolute Gasteiger partial charge is 0.0491 e. The first-order valence-electron chi connectivity index (χ1n) is 11.5. The van der Waals surface area contributed by atoms with Crippen LogP contribution in [-0.4, -0.2) is 0 Å². The fourth-order valence-corrected chi connectivity index (χ4v) is 5.35. The van der Waals surface area contributed by atoms with E-state index in [4.69, 9.17) is 0 Å². The van der Waals surface area contributed by atoms with Gasteiger partial charge >= 0.3 is 0 Å². The number of rotatable bonds is 3. The fraction of sp³-hybridized carbons (Fsp3) is 0.226. The molecule has 0 unspecified atom stereocenters. The fourth-order valence-electron chi connectivity index (χ4n) is 5.35. The van der Waals surface area contributed by atoms with Gasteiger partial charge in [-0.15, -0.1) is 0 Å². The molecule has 0 fully saturated rings. The van der Waals surface area contributed by atoms with E-state index in [1.54, 1.807) is 0 Å². The molecule has 0 saturated carbocycles. The molecule has 1 heteroatoms. The Bertz CT molecular complexity index is 1290. The van der Waals surface area contributed by atoms with Gasteiger partial charge in [-0.2, -0.15) is 0 Å². The van der Waals surface area contributed by atoms with E-state index in [2.05, 4.69) is 125 Å². The van der Waals surface area contributed by atoms with Gasteiger partial charge in [-0.3, -0.25) is 0 Å². The van der Waals surface area contributed by atoms with Crippen LogP contribution in [0.25, 0.3) is 11.1 Å². The molecule has 0 aliphatic heterocycles. The minimum absolute atomic E-state index is 0.0156. The molecule has 0 saturated heterocycles. The van der Waals surface area contributed by atoms with Crippen molar-refractivity contribution in [3.05, 3.63) is 112 Å². The number of fused-ring (bicyclic) bond motifs is 3. The molecule has 1 aliphatic carbocycles. The van der Waals surface area contributed by atoms with Crippen LogP contribution in [-0.2, 0) is 5.41 Å². The Kier molecular flexibility index (Phi) is 4.74. The number of nitrogens with zero attached hydrogens (tertiary/aromatic N) is 1. The van der Waals surface area contributed by atoms with Crippen molar-refractivity contribution < 1.29 is 0 Å². The van der Waals surface area contributed by atoms with E-state index < -0.39 is 0 Å². The Morgan fingerprint density at radius 3 is 1.72 bits per heavy atom. The minimum atomic E-state index is -0.0156. The van der Waals surface area contributed by atoms with Crippen LogP contribution in [0.2, 0.25) is 0 Å². The zero-order valence-electron chi connectivity index (χ0n) is 20.0. The monoisotopic (exact) mass is 417 g/mol. The number of hydrogen-bond acceptors (Lipinski definition) is 1. The van der Waals surface area contributed by atoms with Crippen molar-refractivity contribution >= 4 is 17.1 Å². The van der Waals surface area contributed by atoms with Gasteiger partial charge in [0.25, 0.3) is 0 Å². The van der Waals surface area contributed by atoms with Gasteiger partial charge < -0.3 is 4.90 Å². The third-order valence-corrected chi connectivity index (χ3v) is 7.01. The molecule has 0 amide bonds. The second-order valence-corrected chi connectivity index (χ2v) is 9.82. The molecular formula is C31H31N. The highest BCUT2D eigenvalue weighted by molar-refractivity contribution is 5.86. The summed E-state index contributed by atoms with van der Waals surface area (Å²) in [4.78, 5) is 2.43. The maximum absolute atomic E-state index is 2.43. The quantitative estimate of drug-likeness (QED) is 0.322. The summed E-state index contributed by atoms with van der Waals surface area (Å²) in [6.45, 7) is 13.4. The Morgan fingerprint density at radius 1 is 0.562 bits per heavy atom. The van der Waals surface area contributed by atoms with E-state index >= 15 is 0 Å². The van der Waals surface area contributed by atoms with Gasteiger partial charge in [0, 0.05) is 22.5 Å². The predicted molar refractivity (Wildman–Crippen MR) is 138 cm³/mol. The average Bonchev–Trinajstić information content (AvgIpc) is 2.98.